The molecule has 0 unspecified atom stereocenters. The van der Waals surface area contributed by atoms with Crippen LogP contribution in [-0.4, -0.2) is 34.9 Å². The van der Waals surface area contributed by atoms with E-state index in [1.165, 1.54) is 23.7 Å². The number of rotatable bonds is 9. The summed E-state index contributed by atoms with van der Waals surface area (Å²) in [6, 6.07) is 6.49. The van der Waals surface area contributed by atoms with Crippen LogP contribution < -0.4 is 10.2 Å². The third-order valence-corrected chi connectivity index (χ3v) is 6.03. The quantitative estimate of drug-likeness (QED) is 0.637. The lowest BCUT2D eigenvalue weighted by Crippen LogP contribution is -2.38. The molecule has 0 saturated carbocycles. The Balaban J connectivity index is 1.41. The van der Waals surface area contributed by atoms with Gasteiger partial charge in [0.15, 0.2) is 0 Å². The highest BCUT2D eigenvalue weighted by Gasteiger charge is 2.22. The lowest BCUT2D eigenvalue weighted by Gasteiger charge is -2.31. The van der Waals surface area contributed by atoms with Crippen molar-refractivity contribution in [1.82, 2.24) is 14.7 Å². The highest BCUT2D eigenvalue weighted by atomic mass is 32.1. The minimum atomic E-state index is -0.226. The summed E-state index contributed by atoms with van der Waals surface area (Å²) in [5.74, 6) is 1.28. The normalized spacial score (nSPS) is 15.0. The van der Waals surface area contributed by atoms with E-state index in [4.69, 9.17) is 0 Å². The molecule has 5 nitrogen and oxygen atoms in total. The second-order valence-corrected chi connectivity index (χ2v) is 8.22. The van der Waals surface area contributed by atoms with E-state index in [0.29, 0.717) is 18.8 Å². The molecule has 1 amide bonds. The van der Waals surface area contributed by atoms with Crippen LogP contribution in [0, 0.1) is 11.7 Å². The number of carbonyl (C=O) groups excluding carboxylic acids is 1. The van der Waals surface area contributed by atoms with Crippen LogP contribution in [0.25, 0.3) is 0 Å². The minimum absolute atomic E-state index is 0.186. The van der Waals surface area contributed by atoms with Gasteiger partial charge in [-0.15, -0.1) is 0 Å². The Morgan fingerprint density at radius 2 is 2.00 bits per heavy atom. The molecular formula is C21H29FN4OS. The van der Waals surface area contributed by atoms with Crippen LogP contribution in [0.3, 0.4) is 0 Å². The predicted octanol–water partition coefficient (Wildman–Crippen LogP) is 4.18. The number of carbonyl (C=O) groups is 1. The zero-order chi connectivity index (χ0) is 19.8. The number of amides is 1. The molecule has 1 aromatic heterocycles. The van der Waals surface area contributed by atoms with Crippen LogP contribution in [0.2, 0.25) is 0 Å². The summed E-state index contributed by atoms with van der Waals surface area (Å²) in [6.45, 7) is 4.82. The Hall–Kier alpha value is -2.02. The van der Waals surface area contributed by atoms with Crippen molar-refractivity contribution in [2.45, 2.75) is 51.9 Å². The van der Waals surface area contributed by atoms with E-state index in [2.05, 4.69) is 26.5 Å². The number of unbranched alkanes of at least 4 members (excludes halogenated alkanes) is 2. The van der Waals surface area contributed by atoms with Crippen LogP contribution >= 0.6 is 11.5 Å². The molecule has 1 saturated heterocycles. The topological polar surface area (TPSA) is 58.1 Å². The highest BCUT2D eigenvalue weighted by molar-refractivity contribution is 7.09. The molecule has 2 heterocycles. The maximum Gasteiger partial charge on any atom is 0.220 e. The number of piperidine rings is 1. The molecule has 0 aliphatic carbocycles. The highest BCUT2D eigenvalue weighted by Crippen LogP contribution is 2.25. The molecule has 2 aromatic rings. The van der Waals surface area contributed by atoms with Crippen molar-refractivity contribution in [3.05, 3.63) is 41.5 Å². The smallest absolute Gasteiger partial charge is 0.220 e. The van der Waals surface area contributed by atoms with Crippen molar-refractivity contribution in [3.8, 4) is 0 Å². The second-order valence-electron chi connectivity index (χ2n) is 7.49. The van der Waals surface area contributed by atoms with Crippen molar-refractivity contribution in [1.29, 1.82) is 0 Å². The van der Waals surface area contributed by atoms with E-state index in [1.54, 1.807) is 12.1 Å². The monoisotopic (exact) mass is 404 g/mol. The summed E-state index contributed by atoms with van der Waals surface area (Å²) in [6.07, 6.45) is 6.63. The molecule has 0 spiro atoms. The number of hydrogen-bond acceptors (Lipinski definition) is 5. The zero-order valence-electron chi connectivity index (χ0n) is 16.5. The van der Waals surface area contributed by atoms with Crippen LogP contribution in [0.4, 0.5) is 9.52 Å². The van der Waals surface area contributed by atoms with Gasteiger partial charge in [-0.2, -0.15) is 4.37 Å². The first-order chi connectivity index (χ1) is 13.6. The number of aromatic nitrogens is 2. The summed E-state index contributed by atoms with van der Waals surface area (Å²) in [5.41, 5.74) is 1.01. The maximum absolute atomic E-state index is 13.0. The number of nitrogens with zero attached hydrogens (tertiary/aromatic N) is 3. The van der Waals surface area contributed by atoms with Crippen LogP contribution in [0.5, 0.6) is 0 Å². The Kier molecular flexibility index (Phi) is 7.77. The fourth-order valence-electron chi connectivity index (χ4n) is 3.44. The third kappa shape index (κ3) is 6.26. The van der Waals surface area contributed by atoms with Gasteiger partial charge in [0.05, 0.1) is 0 Å². The standard InChI is InChI=1S/C21H29FN4OS/c1-2-3-4-5-20(27)23-15-17-10-12-26(13-11-17)21-24-19(25-28-21)14-16-6-8-18(22)9-7-16/h6-9,17H,2-5,10-15H2,1H3,(H,23,27). The average Bonchev–Trinajstić information content (AvgIpc) is 3.17. The molecule has 7 heteroatoms. The maximum atomic E-state index is 13.0. The largest absolute Gasteiger partial charge is 0.356 e. The Labute approximate surface area is 170 Å². The number of benzene rings is 1. The number of nitrogens with one attached hydrogen (secondary N) is 1. The van der Waals surface area contributed by atoms with Gasteiger partial charge >= 0.3 is 0 Å². The lowest BCUT2D eigenvalue weighted by atomic mass is 9.97. The number of hydrogen-bond donors (Lipinski definition) is 1. The number of halogens is 1. The van der Waals surface area contributed by atoms with Crippen LogP contribution in [0.15, 0.2) is 24.3 Å². The zero-order valence-corrected chi connectivity index (χ0v) is 17.3. The van der Waals surface area contributed by atoms with Gasteiger partial charge in [0.25, 0.3) is 0 Å². The molecule has 1 aromatic carbocycles. The second kappa shape index (κ2) is 10.5. The van der Waals surface area contributed by atoms with E-state index in [-0.39, 0.29) is 11.7 Å². The molecule has 152 valence electrons. The van der Waals surface area contributed by atoms with Gasteiger partial charge in [0, 0.05) is 44.0 Å². The molecule has 0 radical (unpaired) electrons. The van der Waals surface area contributed by atoms with E-state index < -0.39 is 0 Å². The summed E-state index contributed by atoms with van der Waals surface area (Å²) < 4.78 is 17.5. The summed E-state index contributed by atoms with van der Waals surface area (Å²) in [7, 11) is 0. The van der Waals surface area contributed by atoms with Gasteiger partial charge in [-0.1, -0.05) is 31.9 Å². The predicted molar refractivity (Wildman–Crippen MR) is 111 cm³/mol. The molecule has 3 rings (SSSR count). The van der Waals surface area contributed by atoms with Crippen molar-refractivity contribution in [3.63, 3.8) is 0 Å². The van der Waals surface area contributed by atoms with E-state index in [1.807, 2.05) is 0 Å². The fourth-order valence-corrected chi connectivity index (χ4v) is 4.18. The summed E-state index contributed by atoms with van der Waals surface area (Å²) in [4.78, 5) is 18.8. The molecular weight excluding hydrogens is 375 g/mol. The van der Waals surface area contributed by atoms with Crippen LogP contribution in [0.1, 0.15) is 56.8 Å². The Morgan fingerprint density at radius 1 is 1.25 bits per heavy atom. The van der Waals surface area contributed by atoms with Gasteiger partial charge in [0.1, 0.15) is 11.6 Å². The van der Waals surface area contributed by atoms with Crippen molar-refractivity contribution >= 4 is 22.6 Å². The van der Waals surface area contributed by atoms with Crippen molar-refractivity contribution < 1.29 is 9.18 Å². The van der Waals surface area contributed by atoms with Gasteiger partial charge in [-0.3, -0.25) is 4.79 Å². The molecule has 1 aliphatic rings. The lowest BCUT2D eigenvalue weighted by molar-refractivity contribution is -0.121. The van der Waals surface area contributed by atoms with Crippen molar-refractivity contribution in [2.24, 2.45) is 5.92 Å². The fraction of sp³-hybridized carbons (Fsp3) is 0.571. The molecule has 1 aliphatic heterocycles. The Bertz CT molecular complexity index is 741. The van der Waals surface area contributed by atoms with E-state index in [0.717, 1.165) is 68.3 Å². The van der Waals surface area contributed by atoms with Gasteiger partial charge in [-0.25, -0.2) is 9.37 Å². The first-order valence-corrected chi connectivity index (χ1v) is 11.0. The summed E-state index contributed by atoms with van der Waals surface area (Å²) >= 11 is 1.43. The molecule has 0 atom stereocenters. The van der Waals surface area contributed by atoms with Crippen LogP contribution in [-0.2, 0) is 11.2 Å². The van der Waals surface area contributed by atoms with Crippen molar-refractivity contribution in [2.75, 3.05) is 24.5 Å². The van der Waals surface area contributed by atoms with Gasteiger partial charge in [-0.05, 0) is 42.9 Å². The third-order valence-electron chi connectivity index (χ3n) is 5.21. The average molecular weight is 405 g/mol. The Morgan fingerprint density at radius 3 is 2.71 bits per heavy atom. The first-order valence-electron chi connectivity index (χ1n) is 10.2. The molecule has 0 bridgehead atoms. The van der Waals surface area contributed by atoms with E-state index in [9.17, 15) is 9.18 Å². The van der Waals surface area contributed by atoms with Gasteiger partial charge in [0.2, 0.25) is 11.0 Å². The molecule has 1 fully saturated rings. The molecule has 1 N–H and O–H groups in total. The minimum Gasteiger partial charge on any atom is -0.356 e. The van der Waals surface area contributed by atoms with E-state index >= 15 is 0 Å². The molecule has 28 heavy (non-hydrogen) atoms. The first kappa shape index (κ1) is 20.7. The number of anilines is 1. The summed E-state index contributed by atoms with van der Waals surface area (Å²) in [5, 5.41) is 4.05. The SMILES string of the molecule is CCCCCC(=O)NCC1CCN(c2nc(Cc3ccc(F)cc3)ns2)CC1. The van der Waals surface area contributed by atoms with Gasteiger partial charge < -0.3 is 10.2 Å².